The Morgan fingerprint density at radius 2 is 1.20 bits per heavy atom. The molecular weight excluding hydrogens is 601 g/mol. The quantitative estimate of drug-likeness (QED) is 0.102. The van der Waals surface area contributed by atoms with Crippen LogP contribution < -0.4 is 15.9 Å². The van der Waals surface area contributed by atoms with Gasteiger partial charge in [0.05, 0.1) is 6.21 Å². The highest BCUT2D eigenvalue weighted by molar-refractivity contribution is 7.80. The first-order valence-corrected chi connectivity index (χ1v) is 15.5. The van der Waals surface area contributed by atoms with E-state index in [9.17, 15) is 19.2 Å². The van der Waals surface area contributed by atoms with Crippen LogP contribution in [-0.4, -0.2) is 67.4 Å². The molecule has 3 aromatic rings. The van der Waals surface area contributed by atoms with E-state index in [1.165, 1.54) is 13.1 Å². The van der Waals surface area contributed by atoms with Crippen LogP contribution in [0.5, 0.6) is 0 Å². The molecule has 0 aliphatic carbocycles. The number of oxime groups is 1. The van der Waals surface area contributed by atoms with Crippen LogP contribution in [0.25, 0.3) is 0 Å². The second-order valence-electron chi connectivity index (χ2n) is 9.97. The third kappa shape index (κ3) is 9.20. The van der Waals surface area contributed by atoms with Crippen molar-refractivity contribution < 1.29 is 47.7 Å². The largest absolute Gasteiger partial charge is 0.463 e. The molecule has 0 aromatic heterocycles. The maximum absolute atomic E-state index is 12.1. The Hall–Kier alpha value is -4.60. The first-order chi connectivity index (χ1) is 21.6. The Bertz CT molecular complexity index is 1460. The molecule has 1 aliphatic rings. The lowest BCUT2D eigenvalue weighted by Gasteiger charge is -2.42. The number of carbonyl (C=O) groups excluding carboxylic acids is 4. The zero-order chi connectivity index (χ0) is 32.3. The molecule has 0 saturated carbocycles. The second kappa shape index (κ2) is 15.9. The maximum atomic E-state index is 12.1. The number of nitrogens with zero attached hydrogens (tertiary/aromatic N) is 1. The molecule has 0 bridgehead atoms. The average Bonchev–Trinajstić information content (AvgIpc) is 3.00. The van der Waals surface area contributed by atoms with Gasteiger partial charge in [0.1, 0.15) is 12.7 Å². The monoisotopic (exact) mass is 635 g/mol. The molecule has 11 nitrogen and oxygen atoms in total. The van der Waals surface area contributed by atoms with Gasteiger partial charge in [0.15, 0.2) is 12.2 Å². The van der Waals surface area contributed by atoms with Gasteiger partial charge in [-0.2, -0.15) is 0 Å². The van der Waals surface area contributed by atoms with E-state index in [1.54, 1.807) is 0 Å². The number of esters is 4. The van der Waals surface area contributed by atoms with E-state index in [4.69, 9.17) is 28.5 Å². The molecule has 236 valence electrons. The van der Waals surface area contributed by atoms with Gasteiger partial charge in [0.25, 0.3) is 6.29 Å². The van der Waals surface area contributed by atoms with Crippen LogP contribution in [0.2, 0.25) is 0 Å². The van der Waals surface area contributed by atoms with Gasteiger partial charge >= 0.3 is 23.9 Å². The lowest BCUT2D eigenvalue weighted by molar-refractivity contribution is -0.308. The maximum Gasteiger partial charge on any atom is 0.303 e. The van der Waals surface area contributed by atoms with Crippen molar-refractivity contribution in [2.45, 2.75) is 58.4 Å². The lowest BCUT2D eigenvalue weighted by atomic mass is 9.98. The molecular formula is C33H34NO10P. The van der Waals surface area contributed by atoms with Crippen LogP contribution in [0.15, 0.2) is 90.1 Å². The Labute approximate surface area is 262 Å². The Balaban J connectivity index is 1.68. The van der Waals surface area contributed by atoms with Gasteiger partial charge in [0, 0.05) is 33.3 Å². The molecule has 1 fully saturated rings. The van der Waals surface area contributed by atoms with Crippen molar-refractivity contribution in [1.29, 1.82) is 0 Å². The topological polar surface area (TPSA) is 136 Å². The fraction of sp³-hybridized carbons (Fsp3) is 0.303. The van der Waals surface area contributed by atoms with Crippen molar-refractivity contribution in [2.24, 2.45) is 5.16 Å². The van der Waals surface area contributed by atoms with Crippen molar-refractivity contribution in [3.63, 3.8) is 0 Å². The van der Waals surface area contributed by atoms with E-state index in [0.29, 0.717) is 0 Å². The molecule has 0 N–H and O–H groups in total. The van der Waals surface area contributed by atoms with Crippen LogP contribution in [0.1, 0.15) is 33.3 Å². The lowest BCUT2D eigenvalue weighted by Crippen LogP contribution is -2.62. The molecule has 3 aromatic carbocycles. The minimum absolute atomic E-state index is 0.372. The summed E-state index contributed by atoms with van der Waals surface area (Å²) in [5, 5.41) is 7.49. The fourth-order valence-electron chi connectivity index (χ4n) is 4.80. The van der Waals surface area contributed by atoms with E-state index < -0.39 is 62.5 Å². The zero-order valence-electron chi connectivity index (χ0n) is 25.2. The third-order valence-electron chi connectivity index (χ3n) is 6.51. The van der Waals surface area contributed by atoms with Crippen LogP contribution in [0.4, 0.5) is 0 Å². The van der Waals surface area contributed by atoms with Crippen LogP contribution >= 0.6 is 7.92 Å². The highest BCUT2D eigenvalue weighted by atomic mass is 31.1. The summed E-state index contributed by atoms with van der Waals surface area (Å²) in [5.41, 5.74) is 0.766. The van der Waals surface area contributed by atoms with Crippen LogP contribution in [0, 0.1) is 0 Å². The van der Waals surface area contributed by atoms with Crippen molar-refractivity contribution in [3.05, 3.63) is 90.5 Å². The van der Waals surface area contributed by atoms with Gasteiger partial charge in [-0.15, -0.1) is 0 Å². The van der Waals surface area contributed by atoms with E-state index in [0.717, 1.165) is 42.2 Å². The molecule has 12 heteroatoms. The number of benzene rings is 3. The van der Waals surface area contributed by atoms with Gasteiger partial charge < -0.3 is 28.5 Å². The highest BCUT2D eigenvalue weighted by Crippen LogP contribution is 2.34. The number of carbonyl (C=O) groups is 4. The Morgan fingerprint density at radius 3 is 1.76 bits per heavy atom. The van der Waals surface area contributed by atoms with Crippen LogP contribution in [0.3, 0.4) is 0 Å². The van der Waals surface area contributed by atoms with Crippen molar-refractivity contribution in [1.82, 2.24) is 0 Å². The molecule has 4 rings (SSSR count). The van der Waals surface area contributed by atoms with Gasteiger partial charge in [-0.1, -0.05) is 90.1 Å². The fourth-order valence-corrected chi connectivity index (χ4v) is 7.22. The number of hydrogen-bond acceptors (Lipinski definition) is 11. The number of ether oxygens (including phenoxy) is 5. The first-order valence-electron chi connectivity index (χ1n) is 14.1. The summed E-state index contributed by atoms with van der Waals surface area (Å²) in [5.74, 6) is -2.82. The highest BCUT2D eigenvalue weighted by Gasteiger charge is 2.53. The molecule has 1 heterocycles. The zero-order valence-corrected chi connectivity index (χ0v) is 26.1. The summed E-state index contributed by atoms with van der Waals surface area (Å²) in [6, 6.07) is 28.0. The SMILES string of the molecule is CC(=O)OC[C@H]1O[C@@H](O/N=C/c2ccccc2P(c2ccccc2)c2ccccc2)[C@H](OC(C)=O)[C@@H](OC(C)=O)[C@H]1OC(C)=O. The summed E-state index contributed by atoms with van der Waals surface area (Å²) >= 11 is 0. The molecule has 45 heavy (non-hydrogen) atoms. The molecule has 0 unspecified atom stereocenters. The molecule has 1 saturated heterocycles. The van der Waals surface area contributed by atoms with E-state index >= 15 is 0 Å². The summed E-state index contributed by atoms with van der Waals surface area (Å²) in [6.07, 6.45) is -5.10. The van der Waals surface area contributed by atoms with Gasteiger partial charge in [-0.25, -0.2) is 0 Å². The van der Waals surface area contributed by atoms with E-state index in [2.05, 4.69) is 29.4 Å². The molecule has 5 atom stereocenters. The van der Waals surface area contributed by atoms with Gasteiger partial charge in [-0.05, 0) is 23.8 Å². The Kier molecular flexibility index (Phi) is 11.8. The third-order valence-corrected chi connectivity index (χ3v) is 9.03. The average molecular weight is 636 g/mol. The molecule has 0 amide bonds. The van der Waals surface area contributed by atoms with Crippen molar-refractivity contribution in [3.8, 4) is 0 Å². The summed E-state index contributed by atoms with van der Waals surface area (Å²) in [6.45, 7) is 4.28. The predicted octanol–water partition coefficient (Wildman–Crippen LogP) is 2.88. The molecule has 0 spiro atoms. The normalized spacial score (nSPS) is 21.1. The summed E-state index contributed by atoms with van der Waals surface area (Å²) < 4.78 is 27.4. The Morgan fingerprint density at radius 1 is 0.689 bits per heavy atom. The smallest absolute Gasteiger partial charge is 0.303 e. The summed E-state index contributed by atoms with van der Waals surface area (Å²) in [4.78, 5) is 53.5. The van der Waals surface area contributed by atoms with E-state index in [1.807, 2.05) is 60.7 Å². The minimum Gasteiger partial charge on any atom is -0.463 e. The standard InChI is InChI=1S/C33H34NO10P/c1-21(35)39-20-28-30(40-22(2)36)31(41-23(3)37)32(42-24(4)38)33(43-28)44-34-19-25-13-11-12-18-29(25)45(26-14-7-5-8-15-26)27-16-9-6-10-17-27/h5-19,28,30-33H,20H2,1-4H3/b34-19+/t28-,30+,31+,32-,33+/m1/s1. The number of hydrogen-bond donors (Lipinski definition) is 0. The van der Waals surface area contributed by atoms with Gasteiger partial charge in [0.2, 0.25) is 6.10 Å². The second-order valence-corrected chi connectivity index (χ2v) is 12.2. The van der Waals surface area contributed by atoms with Gasteiger partial charge in [-0.3, -0.25) is 19.2 Å². The molecule has 1 aliphatic heterocycles. The summed E-state index contributed by atoms with van der Waals surface area (Å²) in [7, 11) is -0.970. The van der Waals surface area contributed by atoms with E-state index in [-0.39, 0.29) is 6.61 Å². The van der Waals surface area contributed by atoms with Crippen molar-refractivity contribution in [2.75, 3.05) is 6.61 Å². The predicted molar refractivity (Wildman–Crippen MR) is 166 cm³/mol. The molecule has 0 radical (unpaired) electrons. The van der Waals surface area contributed by atoms with Crippen LogP contribution in [-0.2, 0) is 47.7 Å². The van der Waals surface area contributed by atoms with Crippen molar-refractivity contribution >= 4 is 53.9 Å². The minimum atomic E-state index is -1.43. The first kappa shape index (κ1) is 33.3. The number of rotatable bonds is 11.